The number of aromatic nitrogens is 4. The van der Waals surface area contributed by atoms with E-state index in [1.165, 1.54) is 0 Å². The maximum absolute atomic E-state index is 9.44. The van der Waals surface area contributed by atoms with Crippen LogP contribution >= 0.6 is 11.6 Å². The van der Waals surface area contributed by atoms with Gasteiger partial charge >= 0.3 is 0 Å². The second-order valence-corrected chi connectivity index (χ2v) is 4.94. The first-order chi connectivity index (χ1) is 10.3. The Morgan fingerprint density at radius 2 is 2.10 bits per heavy atom. The molecule has 0 saturated carbocycles. The van der Waals surface area contributed by atoms with Crippen LogP contribution in [-0.2, 0) is 13.0 Å². The number of pyridine rings is 2. The van der Waals surface area contributed by atoms with Crippen LogP contribution in [-0.4, -0.2) is 25.0 Å². The van der Waals surface area contributed by atoms with Crippen LogP contribution in [0.3, 0.4) is 0 Å². The Balaban J connectivity index is 2.00. The van der Waals surface area contributed by atoms with Crippen molar-refractivity contribution < 1.29 is 5.11 Å². The van der Waals surface area contributed by atoms with Crippen LogP contribution in [0, 0.1) is 0 Å². The standard InChI is InChI=1S/C15H13ClN4O/c16-12-2-1-4-18-13(12)6-14-15(20-9-19-14)11-7-17-5-3-10(11)8-21/h1-5,7,9,21H,6,8H2,(H,19,20). The first kappa shape index (κ1) is 13.7. The van der Waals surface area contributed by atoms with Crippen LogP contribution in [0.5, 0.6) is 0 Å². The predicted molar refractivity (Wildman–Crippen MR) is 79.8 cm³/mol. The zero-order valence-corrected chi connectivity index (χ0v) is 11.9. The number of nitrogens with zero attached hydrogens (tertiary/aromatic N) is 3. The summed E-state index contributed by atoms with van der Waals surface area (Å²) in [4.78, 5) is 15.8. The van der Waals surface area contributed by atoms with E-state index in [1.54, 1.807) is 37.1 Å². The van der Waals surface area contributed by atoms with Crippen molar-refractivity contribution >= 4 is 11.6 Å². The van der Waals surface area contributed by atoms with Gasteiger partial charge in [0.2, 0.25) is 0 Å². The third-order valence-corrected chi connectivity index (χ3v) is 3.58. The van der Waals surface area contributed by atoms with Gasteiger partial charge in [0, 0.05) is 36.3 Å². The molecule has 0 saturated heterocycles. The first-order valence-electron chi connectivity index (χ1n) is 6.45. The molecule has 0 spiro atoms. The van der Waals surface area contributed by atoms with Gasteiger partial charge in [-0.3, -0.25) is 9.97 Å². The number of H-pyrrole nitrogens is 1. The number of rotatable bonds is 4. The number of nitrogens with one attached hydrogen (secondary N) is 1. The monoisotopic (exact) mass is 300 g/mol. The maximum Gasteiger partial charge on any atom is 0.0935 e. The van der Waals surface area contributed by atoms with E-state index >= 15 is 0 Å². The Hall–Kier alpha value is -2.24. The van der Waals surface area contributed by atoms with Crippen molar-refractivity contribution in [3.8, 4) is 11.3 Å². The molecule has 106 valence electrons. The molecule has 0 aromatic carbocycles. The first-order valence-corrected chi connectivity index (χ1v) is 6.83. The molecule has 2 N–H and O–H groups in total. The highest BCUT2D eigenvalue weighted by Gasteiger charge is 2.14. The number of hydrogen-bond acceptors (Lipinski definition) is 4. The SMILES string of the molecule is OCc1ccncc1-c1nc[nH]c1Cc1ncccc1Cl. The highest BCUT2D eigenvalue weighted by molar-refractivity contribution is 6.31. The van der Waals surface area contributed by atoms with Gasteiger partial charge in [-0.2, -0.15) is 0 Å². The number of hydrogen-bond donors (Lipinski definition) is 2. The topological polar surface area (TPSA) is 74.7 Å². The van der Waals surface area contributed by atoms with Crippen LogP contribution < -0.4 is 0 Å². The summed E-state index contributed by atoms with van der Waals surface area (Å²) in [6.07, 6.45) is 7.22. The van der Waals surface area contributed by atoms with Crippen LogP contribution in [0.4, 0.5) is 0 Å². The lowest BCUT2D eigenvalue weighted by molar-refractivity contribution is 0.282. The molecule has 0 aliphatic carbocycles. The van der Waals surface area contributed by atoms with Crippen molar-refractivity contribution in [1.82, 2.24) is 19.9 Å². The number of halogens is 1. The van der Waals surface area contributed by atoms with Crippen LogP contribution in [0.2, 0.25) is 5.02 Å². The Morgan fingerprint density at radius 3 is 2.90 bits per heavy atom. The maximum atomic E-state index is 9.44. The highest BCUT2D eigenvalue weighted by Crippen LogP contribution is 2.26. The average molecular weight is 301 g/mol. The lowest BCUT2D eigenvalue weighted by atomic mass is 10.0. The Bertz CT molecular complexity index is 757. The van der Waals surface area contributed by atoms with Crippen molar-refractivity contribution in [1.29, 1.82) is 0 Å². The van der Waals surface area contributed by atoms with Gasteiger partial charge in [0.1, 0.15) is 0 Å². The van der Waals surface area contributed by atoms with Crippen molar-refractivity contribution in [2.24, 2.45) is 0 Å². The second-order valence-electron chi connectivity index (χ2n) is 4.53. The summed E-state index contributed by atoms with van der Waals surface area (Å²) in [5.41, 5.74) is 4.01. The molecular weight excluding hydrogens is 288 g/mol. The van der Waals surface area contributed by atoms with E-state index in [0.29, 0.717) is 11.4 Å². The molecule has 3 aromatic rings. The van der Waals surface area contributed by atoms with Crippen molar-refractivity contribution in [3.63, 3.8) is 0 Å². The van der Waals surface area contributed by atoms with E-state index < -0.39 is 0 Å². The van der Waals surface area contributed by atoms with Crippen LogP contribution in [0.1, 0.15) is 17.0 Å². The molecule has 21 heavy (non-hydrogen) atoms. The van der Waals surface area contributed by atoms with Crippen LogP contribution in [0.25, 0.3) is 11.3 Å². The minimum atomic E-state index is -0.0610. The van der Waals surface area contributed by atoms with Crippen LogP contribution in [0.15, 0.2) is 43.1 Å². The predicted octanol–water partition coefficient (Wildman–Crippen LogP) is 2.60. The summed E-state index contributed by atoms with van der Waals surface area (Å²) >= 11 is 6.15. The van der Waals surface area contributed by atoms with Crippen molar-refractivity contribution in [3.05, 3.63) is 65.1 Å². The quantitative estimate of drug-likeness (QED) is 0.776. The normalized spacial score (nSPS) is 10.8. The average Bonchev–Trinajstić information content (AvgIpc) is 2.97. The molecule has 0 fully saturated rings. The summed E-state index contributed by atoms with van der Waals surface area (Å²) in [7, 11) is 0. The minimum Gasteiger partial charge on any atom is -0.392 e. The van der Waals surface area contributed by atoms with Gasteiger partial charge in [-0.1, -0.05) is 11.6 Å². The third-order valence-electron chi connectivity index (χ3n) is 3.23. The molecule has 0 aliphatic heterocycles. The smallest absolute Gasteiger partial charge is 0.0935 e. The van der Waals surface area contributed by atoms with E-state index in [9.17, 15) is 5.11 Å². The molecule has 3 heterocycles. The molecule has 3 aromatic heterocycles. The number of aromatic amines is 1. The zero-order valence-electron chi connectivity index (χ0n) is 11.1. The van der Waals surface area contributed by atoms with E-state index in [1.807, 2.05) is 6.07 Å². The summed E-state index contributed by atoms with van der Waals surface area (Å²) < 4.78 is 0. The summed E-state index contributed by atoms with van der Waals surface area (Å²) in [6.45, 7) is -0.0610. The number of aliphatic hydroxyl groups is 1. The number of aliphatic hydroxyl groups excluding tert-OH is 1. The molecule has 5 nitrogen and oxygen atoms in total. The fourth-order valence-corrected chi connectivity index (χ4v) is 2.37. The van der Waals surface area contributed by atoms with Crippen molar-refractivity contribution in [2.75, 3.05) is 0 Å². The fourth-order valence-electron chi connectivity index (χ4n) is 2.18. The minimum absolute atomic E-state index is 0.0610. The van der Waals surface area contributed by atoms with E-state index in [0.717, 1.165) is 28.2 Å². The fraction of sp³-hybridized carbons (Fsp3) is 0.133. The zero-order chi connectivity index (χ0) is 14.7. The van der Waals surface area contributed by atoms with Gasteiger partial charge in [0.05, 0.1) is 29.3 Å². The lowest BCUT2D eigenvalue weighted by Gasteiger charge is -2.07. The molecule has 0 unspecified atom stereocenters. The Kier molecular flexibility index (Phi) is 3.94. The van der Waals surface area contributed by atoms with Crippen molar-refractivity contribution in [2.45, 2.75) is 13.0 Å². The summed E-state index contributed by atoms with van der Waals surface area (Å²) in [6, 6.07) is 5.38. The van der Waals surface area contributed by atoms with E-state index in [4.69, 9.17) is 11.6 Å². The van der Waals surface area contributed by atoms with E-state index in [-0.39, 0.29) is 6.61 Å². The lowest BCUT2D eigenvalue weighted by Crippen LogP contribution is -1.98. The summed E-state index contributed by atoms with van der Waals surface area (Å²) in [5.74, 6) is 0. The Morgan fingerprint density at radius 1 is 1.19 bits per heavy atom. The van der Waals surface area contributed by atoms with E-state index in [2.05, 4.69) is 19.9 Å². The molecule has 0 aliphatic rings. The molecule has 0 amide bonds. The molecule has 3 rings (SSSR count). The van der Waals surface area contributed by atoms with Gasteiger partial charge in [0.15, 0.2) is 0 Å². The third kappa shape index (κ3) is 2.79. The van der Waals surface area contributed by atoms with Gasteiger partial charge in [-0.25, -0.2) is 4.98 Å². The molecule has 6 heteroatoms. The molecule has 0 radical (unpaired) electrons. The van der Waals surface area contributed by atoms with Gasteiger partial charge in [-0.05, 0) is 23.8 Å². The second kappa shape index (κ2) is 6.03. The Labute approximate surface area is 126 Å². The van der Waals surface area contributed by atoms with Gasteiger partial charge in [-0.15, -0.1) is 0 Å². The largest absolute Gasteiger partial charge is 0.392 e. The molecule has 0 bridgehead atoms. The summed E-state index contributed by atoms with van der Waals surface area (Å²) in [5, 5.41) is 10.1. The molecule has 0 atom stereocenters. The highest BCUT2D eigenvalue weighted by atomic mass is 35.5. The van der Waals surface area contributed by atoms with Gasteiger partial charge < -0.3 is 10.1 Å². The number of imidazole rings is 1. The van der Waals surface area contributed by atoms with Gasteiger partial charge in [0.25, 0.3) is 0 Å². The molecular formula is C15H13ClN4O.